The highest BCUT2D eigenvalue weighted by molar-refractivity contribution is 5.71. The van der Waals surface area contributed by atoms with Gasteiger partial charge in [-0.05, 0) is 69.9 Å². The van der Waals surface area contributed by atoms with Crippen LogP contribution in [-0.2, 0) is 22.3 Å². The number of pyridine rings is 1. The Labute approximate surface area is 226 Å². The summed E-state index contributed by atoms with van der Waals surface area (Å²) in [6.45, 7) is 9.57. The number of carbonyl (C=O) groups excluding carboxylic acids is 1. The molecular formula is C28H35F3N4O4. The molecule has 1 amide bonds. The minimum atomic E-state index is -4.50. The van der Waals surface area contributed by atoms with E-state index in [9.17, 15) is 22.8 Å². The molecule has 212 valence electrons. The van der Waals surface area contributed by atoms with Gasteiger partial charge in [0.05, 0.1) is 24.7 Å². The summed E-state index contributed by atoms with van der Waals surface area (Å²) in [6, 6.07) is 5.41. The summed E-state index contributed by atoms with van der Waals surface area (Å²) in [6.07, 6.45) is -2.56. The van der Waals surface area contributed by atoms with Gasteiger partial charge in [0.25, 0.3) is 0 Å². The molecule has 2 saturated heterocycles. The number of hydrogen-bond acceptors (Lipinski definition) is 6. The molecule has 0 unspecified atom stereocenters. The molecule has 39 heavy (non-hydrogen) atoms. The Kier molecular flexibility index (Phi) is 8.39. The molecular weight excluding hydrogens is 513 g/mol. The highest BCUT2D eigenvalue weighted by Crippen LogP contribution is 2.38. The van der Waals surface area contributed by atoms with E-state index in [1.54, 1.807) is 31.0 Å². The van der Waals surface area contributed by atoms with Crippen molar-refractivity contribution in [3.05, 3.63) is 58.3 Å². The number of nitrogens with zero attached hydrogens (tertiary/aromatic N) is 4. The Morgan fingerprint density at radius 2 is 1.85 bits per heavy atom. The van der Waals surface area contributed by atoms with Crippen LogP contribution in [0.5, 0.6) is 0 Å². The van der Waals surface area contributed by atoms with Crippen LogP contribution in [-0.4, -0.2) is 70.2 Å². The molecule has 8 nitrogen and oxygen atoms in total. The number of amides is 1. The minimum absolute atomic E-state index is 0.0222. The van der Waals surface area contributed by atoms with Crippen LogP contribution in [0.3, 0.4) is 0 Å². The maximum atomic E-state index is 13.4. The fourth-order valence-corrected chi connectivity index (χ4v) is 5.64. The topological polar surface area (TPSA) is 86.2 Å². The van der Waals surface area contributed by atoms with Crippen molar-refractivity contribution < 1.29 is 32.6 Å². The summed E-state index contributed by atoms with van der Waals surface area (Å²) >= 11 is 0. The smallest absolute Gasteiger partial charge is 0.416 e. The lowest BCUT2D eigenvalue weighted by Crippen LogP contribution is -2.47. The molecule has 2 fully saturated rings. The number of anilines is 1. The van der Waals surface area contributed by atoms with Gasteiger partial charge < -0.3 is 14.7 Å². The van der Waals surface area contributed by atoms with E-state index >= 15 is 0 Å². The van der Waals surface area contributed by atoms with Gasteiger partial charge in [-0.3, -0.25) is 14.6 Å². The first kappa shape index (κ1) is 28.7. The predicted octanol–water partition coefficient (Wildman–Crippen LogP) is 5.17. The number of aromatic nitrogens is 1. The summed E-state index contributed by atoms with van der Waals surface area (Å²) in [7, 11) is 0. The zero-order chi connectivity index (χ0) is 28.5. The largest absolute Gasteiger partial charge is 0.480 e. The van der Waals surface area contributed by atoms with Crippen LogP contribution in [0.1, 0.15) is 60.6 Å². The van der Waals surface area contributed by atoms with E-state index in [0.29, 0.717) is 30.8 Å². The van der Waals surface area contributed by atoms with Crippen molar-refractivity contribution in [2.75, 3.05) is 31.1 Å². The van der Waals surface area contributed by atoms with Gasteiger partial charge in [0, 0.05) is 37.4 Å². The lowest BCUT2D eigenvalue weighted by atomic mass is 9.98. The number of alkyl halides is 3. The lowest BCUT2D eigenvalue weighted by molar-refractivity contribution is -0.139. The third-order valence-corrected chi connectivity index (χ3v) is 7.54. The van der Waals surface area contributed by atoms with Gasteiger partial charge in [0.15, 0.2) is 0 Å². The molecule has 11 heteroatoms. The number of carboxylic acids is 1. The Hall–Kier alpha value is -3.34. The molecule has 1 aromatic heterocycles. The molecule has 3 heterocycles. The molecule has 4 rings (SSSR count). The second kappa shape index (κ2) is 11.4. The van der Waals surface area contributed by atoms with E-state index < -0.39 is 35.9 Å². The van der Waals surface area contributed by atoms with Crippen LogP contribution in [0.15, 0.2) is 30.5 Å². The van der Waals surface area contributed by atoms with E-state index in [-0.39, 0.29) is 19.1 Å². The number of aliphatic carboxylic acids is 1. The highest BCUT2D eigenvalue weighted by atomic mass is 19.4. The van der Waals surface area contributed by atoms with Crippen molar-refractivity contribution in [3.63, 3.8) is 0 Å². The van der Waals surface area contributed by atoms with E-state index in [4.69, 9.17) is 14.8 Å². The number of ether oxygens (including phenoxy) is 1. The van der Waals surface area contributed by atoms with Gasteiger partial charge in [0.2, 0.25) is 0 Å². The van der Waals surface area contributed by atoms with E-state index in [2.05, 4.69) is 4.90 Å². The van der Waals surface area contributed by atoms with Gasteiger partial charge in [0.1, 0.15) is 11.9 Å². The summed E-state index contributed by atoms with van der Waals surface area (Å²) in [5.41, 5.74) is 1.74. The van der Waals surface area contributed by atoms with Crippen molar-refractivity contribution in [1.29, 1.82) is 0 Å². The monoisotopic (exact) mass is 548 g/mol. The number of hydrogen-bond donors (Lipinski definition) is 1. The predicted molar refractivity (Wildman–Crippen MR) is 139 cm³/mol. The number of halogens is 3. The molecule has 1 N–H and O–H groups in total. The number of rotatable bonds is 8. The standard InChI is InChI=1S/C28H35F3N4O4/c1-5-34(23-6-8-33(9-7-23)16-24(36)37)26-21(11-18(3)14-32-26)15-35-19(4)25(39-27(35)38)20-10-17(2)12-22(13-20)28(29,30)31/h10-14,19,23,25H,5-9,15-16H2,1-4H3,(H,36,37)/t19-,25-/m0/s1. The molecule has 2 atom stereocenters. The molecule has 0 radical (unpaired) electrons. The number of cyclic esters (lactones) is 1. The summed E-state index contributed by atoms with van der Waals surface area (Å²) < 4.78 is 45.9. The molecule has 2 aliphatic rings. The molecule has 1 aromatic carbocycles. The van der Waals surface area contributed by atoms with Gasteiger partial charge in [-0.15, -0.1) is 0 Å². The van der Waals surface area contributed by atoms with Crippen LogP contribution < -0.4 is 4.90 Å². The molecule has 2 aliphatic heterocycles. The molecule has 0 aliphatic carbocycles. The first-order valence-corrected chi connectivity index (χ1v) is 13.2. The quantitative estimate of drug-likeness (QED) is 0.487. The number of piperidine rings is 1. The Bertz CT molecular complexity index is 1210. The first-order chi connectivity index (χ1) is 18.4. The van der Waals surface area contributed by atoms with Gasteiger partial charge in [-0.2, -0.15) is 13.2 Å². The maximum absolute atomic E-state index is 13.4. The van der Waals surface area contributed by atoms with Crippen LogP contribution in [0, 0.1) is 13.8 Å². The average molecular weight is 549 g/mol. The number of carboxylic acid groups (broad SMARTS) is 1. The summed E-state index contributed by atoms with van der Waals surface area (Å²) in [4.78, 5) is 34.5. The van der Waals surface area contributed by atoms with Crippen molar-refractivity contribution in [1.82, 2.24) is 14.8 Å². The minimum Gasteiger partial charge on any atom is -0.480 e. The first-order valence-electron chi connectivity index (χ1n) is 13.2. The summed E-state index contributed by atoms with van der Waals surface area (Å²) in [5.74, 6) is -0.0911. The van der Waals surface area contributed by atoms with Crippen molar-refractivity contribution in [2.45, 2.75) is 71.4 Å². The number of aryl methyl sites for hydroxylation is 2. The van der Waals surface area contributed by atoms with Crippen LogP contribution in [0.2, 0.25) is 0 Å². The molecule has 0 bridgehead atoms. The second-order valence-corrected chi connectivity index (χ2v) is 10.5. The number of likely N-dealkylation sites (tertiary alicyclic amines) is 1. The zero-order valence-electron chi connectivity index (χ0n) is 22.7. The number of benzene rings is 1. The molecule has 0 saturated carbocycles. The zero-order valence-corrected chi connectivity index (χ0v) is 22.7. The molecule has 0 spiro atoms. The third kappa shape index (κ3) is 6.46. The van der Waals surface area contributed by atoms with Gasteiger partial charge in [-0.1, -0.05) is 11.6 Å². The van der Waals surface area contributed by atoms with Gasteiger partial charge in [-0.25, -0.2) is 9.78 Å². The molecule has 2 aromatic rings. The third-order valence-electron chi connectivity index (χ3n) is 7.54. The second-order valence-electron chi connectivity index (χ2n) is 10.5. The summed E-state index contributed by atoms with van der Waals surface area (Å²) in [5, 5.41) is 9.11. The SMILES string of the molecule is CCN(c1ncc(C)cc1CN1C(=O)O[C@H](c2cc(C)cc(C(F)(F)F)c2)[C@@H]1C)C1CCN(CC(=O)O)CC1. The van der Waals surface area contributed by atoms with Crippen molar-refractivity contribution in [3.8, 4) is 0 Å². The van der Waals surface area contributed by atoms with Crippen LogP contribution in [0.25, 0.3) is 0 Å². The van der Waals surface area contributed by atoms with Crippen molar-refractivity contribution in [2.24, 2.45) is 0 Å². The maximum Gasteiger partial charge on any atom is 0.416 e. The lowest BCUT2D eigenvalue weighted by Gasteiger charge is -2.39. The van der Waals surface area contributed by atoms with E-state index in [1.807, 2.05) is 24.8 Å². The van der Waals surface area contributed by atoms with Gasteiger partial charge >= 0.3 is 18.2 Å². The average Bonchev–Trinajstić information content (AvgIpc) is 3.14. The highest BCUT2D eigenvalue weighted by Gasteiger charge is 2.41. The fourth-order valence-electron chi connectivity index (χ4n) is 5.64. The van der Waals surface area contributed by atoms with Crippen LogP contribution >= 0.6 is 0 Å². The Morgan fingerprint density at radius 1 is 1.15 bits per heavy atom. The van der Waals surface area contributed by atoms with E-state index in [1.165, 1.54) is 0 Å². The fraction of sp³-hybridized carbons (Fsp3) is 0.536. The van der Waals surface area contributed by atoms with Crippen molar-refractivity contribution >= 4 is 17.9 Å². The number of carbonyl (C=O) groups is 2. The van der Waals surface area contributed by atoms with E-state index in [0.717, 1.165) is 41.9 Å². The normalized spacial score (nSPS) is 20.8. The Balaban J connectivity index is 1.56. The Morgan fingerprint density at radius 3 is 2.46 bits per heavy atom. The van der Waals surface area contributed by atoms with Crippen LogP contribution in [0.4, 0.5) is 23.8 Å².